The molecule has 0 bridgehead atoms. The van der Waals surface area contributed by atoms with Crippen LogP contribution in [0.2, 0.25) is 0 Å². The quantitative estimate of drug-likeness (QED) is 0.813. The summed E-state index contributed by atoms with van der Waals surface area (Å²) in [5.74, 6) is 1.82. The van der Waals surface area contributed by atoms with Gasteiger partial charge < -0.3 is 14.5 Å². The van der Waals surface area contributed by atoms with Crippen LogP contribution in [0.25, 0.3) is 0 Å². The monoisotopic (exact) mass is 344 g/mol. The highest BCUT2D eigenvalue weighted by Gasteiger charge is 2.30. The van der Waals surface area contributed by atoms with E-state index in [0.29, 0.717) is 11.6 Å². The van der Waals surface area contributed by atoms with Crippen LogP contribution in [0.1, 0.15) is 30.1 Å². The van der Waals surface area contributed by atoms with Crippen molar-refractivity contribution in [3.05, 3.63) is 23.9 Å². The van der Waals surface area contributed by atoms with Crippen LogP contribution in [-0.4, -0.2) is 79.2 Å². The summed E-state index contributed by atoms with van der Waals surface area (Å²) in [5, 5.41) is 0. The summed E-state index contributed by atoms with van der Waals surface area (Å²) in [5.41, 5.74) is 0.706. The van der Waals surface area contributed by atoms with Gasteiger partial charge in [0.05, 0.1) is 24.8 Å². The molecule has 25 heavy (non-hydrogen) atoms. The van der Waals surface area contributed by atoms with E-state index in [2.05, 4.69) is 21.7 Å². The summed E-state index contributed by atoms with van der Waals surface area (Å²) < 4.78 is 5.61. The molecule has 3 saturated heterocycles. The van der Waals surface area contributed by atoms with E-state index in [-0.39, 0.29) is 5.91 Å². The highest BCUT2D eigenvalue weighted by Crippen LogP contribution is 2.21. The SMILES string of the molecule is CC1CCN(C(=O)c2ccc(N3CCN4CCOCC4C3)nc2)CC1. The molecule has 0 aromatic carbocycles. The van der Waals surface area contributed by atoms with E-state index in [4.69, 9.17) is 4.74 Å². The first-order valence-electron chi connectivity index (χ1n) is 9.53. The number of morpholine rings is 1. The smallest absolute Gasteiger partial charge is 0.255 e. The van der Waals surface area contributed by atoms with Crippen LogP contribution >= 0.6 is 0 Å². The zero-order valence-electron chi connectivity index (χ0n) is 15.1. The van der Waals surface area contributed by atoms with Crippen molar-refractivity contribution in [1.29, 1.82) is 0 Å². The lowest BCUT2D eigenvalue weighted by Gasteiger charge is -2.44. The van der Waals surface area contributed by atoms with Gasteiger partial charge in [0.15, 0.2) is 0 Å². The Hall–Kier alpha value is -1.66. The number of nitrogens with zero attached hydrogens (tertiary/aromatic N) is 4. The van der Waals surface area contributed by atoms with Crippen LogP contribution in [0.15, 0.2) is 18.3 Å². The number of hydrogen-bond donors (Lipinski definition) is 0. The lowest BCUT2D eigenvalue weighted by Crippen LogP contribution is -2.58. The minimum absolute atomic E-state index is 0.122. The summed E-state index contributed by atoms with van der Waals surface area (Å²) in [6.45, 7) is 9.68. The minimum atomic E-state index is 0.122. The van der Waals surface area contributed by atoms with Crippen molar-refractivity contribution in [1.82, 2.24) is 14.8 Å². The lowest BCUT2D eigenvalue weighted by atomic mass is 9.99. The molecule has 0 aliphatic carbocycles. The average molecular weight is 344 g/mol. The van der Waals surface area contributed by atoms with E-state index in [9.17, 15) is 4.79 Å². The summed E-state index contributed by atoms with van der Waals surface area (Å²) in [7, 11) is 0. The maximum absolute atomic E-state index is 12.6. The van der Waals surface area contributed by atoms with Crippen molar-refractivity contribution >= 4 is 11.7 Å². The molecule has 0 saturated carbocycles. The average Bonchev–Trinajstić information content (AvgIpc) is 2.68. The molecule has 1 aromatic rings. The van der Waals surface area contributed by atoms with Crippen molar-refractivity contribution in [2.75, 3.05) is 57.4 Å². The van der Waals surface area contributed by atoms with Gasteiger partial charge in [0.25, 0.3) is 5.91 Å². The first-order valence-corrected chi connectivity index (χ1v) is 9.53. The van der Waals surface area contributed by atoms with Gasteiger partial charge in [0.2, 0.25) is 0 Å². The van der Waals surface area contributed by atoms with Gasteiger partial charge in [-0.2, -0.15) is 0 Å². The Kier molecular flexibility index (Phi) is 4.90. The van der Waals surface area contributed by atoms with Gasteiger partial charge in [-0.1, -0.05) is 6.92 Å². The maximum atomic E-state index is 12.6. The number of anilines is 1. The number of fused-ring (bicyclic) bond motifs is 1. The van der Waals surface area contributed by atoms with Crippen LogP contribution in [0.3, 0.4) is 0 Å². The predicted octanol–water partition coefficient (Wildman–Crippen LogP) is 1.47. The van der Waals surface area contributed by atoms with Crippen molar-refractivity contribution in [3.63, 3.8) is 0 Å². The zero-order chi connectivity index (χ0) is 17.2. The number of aromatic nitrogens is 1. The summed E-state index contributed by atoms with van der Waals surface area (Å²) >= 11 is 0. The Morgan fingerprint density at radius 3 is 2.76 bits per heavy atom. The highest BCUT2D eigenvalue weighted by atomic mass is 16.5. The second kappa shape index (κ2) is 7.30. The number of rotatable bonds is 2. The first kappa shape index (κ1) is 16.8. The van der Waals surface area contributed by atoms with E-state index in [0.717, 1.165) is 77.1 Å². The molecular formula is C19H28N4O2. The van der Waals surface area contributed by atoms with Gasteiger partial charge in [0.1, 0.15) is 5.82 Å². The largest absolute Gasteiger partial charge is 0.378 e. The fourth-order valence-electron chi connectivity index (χ4n) is 4.05. The third kappa shape index (κ3) is 3.65. The zero-order valence-corrected chi connectivity index (χ0v) is 15.1. The summed E-state index contributed by atoms with van der Waals surface area (Å²) in [6, 6.07) is 4.40. The van der Waals surface area contributed by atoms with E-state index < -0.39 is 0 Å². The van der Waals surface area contributed by atoms with Crippen LogP contribution in [-0.2, 0) is 4.74 Å². The molecule has 6 heteroatoms. The number of amides is 1. The highest BCUT2D eigenvalue weighted by molar-refractivity contribution is 5.94. The Bertz CT molecular complexity index is 598. The molecule has 136 valence electrons. The van der Waals surface area contributed by atoms with Crippen molar-refractivity contribution < 1.29 is 9.53 Å². The van der Waals surface area contributed by atoms with Gasteiger partial charge in [-0.3, -0.25) is 9.69 Å². The van der Waals surface area contributed by atoms with Crippen molar-refractivity contribution in [2.24, 2.45) is 5.92 Å². The lowest BCUT2D eigenvalue weighted by molar-refractivity contribution is -0.0117. The van der Waals surface area contributed by atoms with Gasteiger partial charge in [-0.05, 0) is 30.9 Å². The molecule has 4 rings (SSSR count). The Labute approximate surface area is 149 Å². The van der Waals surface area contributed by atoms with Gasteiger partial charge in [0, 0.05) is 45.5 Å². The normalized spacial score (nSPS) is 25.7. The Morgan fingerprint density at radius 1 is 1.16 bits per heavy atom. The van der Waals surface area contributed by atoms with Crippen molar-refractivity contribution in [2.45, 2.75) is 25.8 Å². The second-order valence-corrected chi connectivity index (χ2v) is 7.59. The maximum Gasteiger partial charge on any atom is 0.255 e. The third-order valence-electron chi connectivity index (χ3n) is 5.83. The molecule has 0 spiro atoms. The molecular weight excluding hydrogens is 316 g/mol. The Morgan fingerprint density at radius 2 is 2.00 bits per heavy atom. The Balaban J connectivity index is 1.39. The van der Waals surface area contributed by atoms with Crippen LogP contribution in [0.4, 0.5) is 5.82 Å². The minimum Gasteiger partial charge on any atom is -0.378 e. The fraction of sp³-hybridized carbons (Fsp3) is 0.684. The molecule has 6 nitrogen and oxygen atoms in total. The number of likely N-dealkylation sites (tertiary alicyclic amines) is 1. The van der Waals surface area contributed by atoms with E-state index >= 15 is 0 Å². The molecule has 0 N–H and O–H groups in total. The second-order valence-electron chi connectivity index (χ2n) is 7.59. The summed E-state index contributed by atoms with van der Waals surface area (Å²) in [4.78, 5) is 24.0. The molecule has 3 fully saturated rings. The van der Waals surface area contributed by atoms with Crippen LogP contribution < -0.4 is 4.90 Å². The molecule has 3 aliphatic rings. The molecule has 1 unspecified atom stereocenters. The molecule has 3 aliphatic heterocycles. The number of piperidine rings is 1. The van der Waals surface area contributed by atoms with E-state index in [1.165, 1.54) is 0 Å². The predicted molar refractivity (Wildman–Crippen MR) is 96.9 cm³/mol. The number of carbonyl (C=O) groups is 1. The van der Waals surface area contributed by atoms with Crippen molar-refractivity contribution in [3.8, 4) is 0 Å². The first-order chi connectivity index (χ1) is 12.2. The van der Waals surface area contributed by atoms with Gasteiger partial charge in [-0.15, -0.1) is 0 Å². The molecule has 4 heterocycles. The standard InChI is InChI=1S/C19H28N4O2/c1-15-4-6-22(7-5-15)19(24)16-2-3-18(20-12-16)23-9-8-21-10-11-25-14-17(21)13-23/h2-3,12,15,17H,4-11,13-14H2,1H3. The van der Waals surface area contributed by atoms with Crippen LogP contribution in [0, 0.1) is 5.92 Å². The van der Waals surface area contributed by atoms with Gasteiger partial charge in [-0.25, -0.2) is 4.98 Å². The molecule has 1 atom stereocenters. The fourth-order valence-corrected chi connectivity index (χ4v) is 4.05. The number of pyridine rings is 1. The van der Waals surface area contributed by atoms with E-state index in [1.807, 2.05) is 17.0 Å². The molecule has 0 radical (unpaired) electrons. The summed E-state index contributed by atoms with van der Waals surface area (Å²) in [6.07, 6.45) is 3.95. The van der Waals surface area contributed by atoms with Crippen LogP contribution in [0.5, 0.6) is 0 Å². The topological polar surface area (TPSA) is 48.9 Å². The molecule has 1 amide bonds. The number of carbonyl (C=O) groups excluding carboxylic acids is 1. The third-order valence-corrected chi connectivity index (χ3v) is 5.83. The number of ether oxygens (including phenoxy) is 1. The number of piperazine rings is 1. The molecule has 1 aromatic heterocycles. The van der Waals surface area contributed by atoms with E-state index in [1.54, 1.807) is 6.20 Å². The van der Waals surface area contributed by atoms with Gasteiger partial charge >= 0.3 is 0 Å². The number of hydrogen-bond acceptors (Lipinski definition) is 5.